The Morgan fingerprint density at radius 3 is 2.41 bits per heavy atom. The van der Waals surface area contributed by atoms with Crippen LogP contribution >= 0.6 is 23.2 Å². The first-order chi connectivity index (χ1) is 12.8. The van der Waals surface area contributed by atoms with Gasteiger partial charge in [0.05, 0.1) is 35.2 Å². The highest BCUT2D eigenvalue weighted by molar-refractivity contribution is 6.42. The smallest absolute Gasteiger partial charge is 0.182 e. The van der Waals surface area contributed by atoms with Crippen molar-refractivity contribution in [2.75, 3.05) is 12.3 Å². The molecule has 9 nitrogen and oxygen atoms in total. The maximum absolute atomic E-state index is 9.80. The minimum atomic E-state index is -1.27. The van der Waals surface area contributed by atoms with E-state index < -0.39 is 24.9 Å². The van der Waals surface area contributed by atoms with E-state index in [4.69, 9.17) is 39.1 Å². The molecule has 7 N–H and O–H groups in total. The maximum Gasteiger partial charge on any atom is 0.182 e. The number of nitrogens with one attached hydrogen (secondary N) is 1. The minimum Gasteiger partial charge on any atom is -0.394 e. The zero-order chi connectivity index (χ0) is 20.0. The Bertz CT molecular complexity index is 879. The van der Waals surface area contributed by atoms with Gasteiger partial charge in [0.1, 0.15) is 17.9 Å². The van der Waals surface area contributed by atoms with Crippen LogP contribution in [0.15, 0.2) is 30.9 Å². The highest BCUT2D eigenvalue weighted by atomic mass is 35.5. The second-order valence-corrected chi connectivity index (χ2v) is 6.42. The van der Waals surface area contributed by atoms with Gasteiger partial charge in [-0.1, -0.05) is 29.3 Å². The standard InChI is InChI=1S/C11H14Cl2O4.C5H5N5/c12-7-2-1-6(3-8(7)13)9(15)4-10(16)11(17)5-14;6-4-3-5(9-1-7-3)10-2-8-4/h1-3,9-11,14-17H,4-5H2;1-2H,(H3,6,7,8,9,10). The fraction of sp³-hybridized carbons (Fsp3) is 0.312. The molecule has 0 amide bonds. The van der Waals surface area contributed by atoms with Crippen LogP contribution in [0.2, 0.25) is 10.0 Å². The number of H-pyrrole nitrogens is 1. The Morgan fingerprint density at radius 1 is 1.04 bits per heavy atom. The molecule has 2 heterocycles. The Morgan fingerprint density at radius 2 is 1.78 bits per heavy atom. The van der Waals surface area contributed by atoms with Gasteiger partial charge in [-0.2, -0.15) is 0 Å². The number of fused-ring (bicyclic) bond motifs is 1. The van der Waals surface area contributed by atoms with Gasteiger partial charge >= 0.3 is 0 Å². The van der Waals surface area contributed by atoms with Crippen molar-refractivity contribution in [1.82, 2.24) is 19.9 Å². The van der Waals surface area contributed by atoms with Gasteiger partial charge in [0, 0.05) is 6.42 Å². The minimum absolute atomic E-state index is 0.0975. The largest absolute Gasteiger partial charge is 0.394 e. The predicted molar refractivity (Wildman–Crippen MR) is 101 cm³/mol. The summed E-state index contributed by atoms with van der Waals surface area (Å²) in [4.78, 5) is 14.4. The number of hydrogen-bond acceptors (Lipinski definition) is 8. The normalized spacial score (nSPS) is 14.3. The topological polar surface area (TPSA) is 161 Å². The lowest BCUT2D eigenvalue weighted by atomic mass is 10.0. The zero-order valence-corrected chi connectivity index (χ0v) is 15.5. The van der Waals surface area contributed by atoms with Crippen LogP contribution in [0.3, 0.4) is 0 Å². The zero-order valence-electron chi connectivity index (χ0n) is 14.0. The number of halogens is 2. The summed E-state index contributed by atoms with van der Waals surface area (Å²) in [6, 6.07) is 4.61. The number of anilines is 1. The van der Waals surface area contributed by atoms with Gasteiger partial charge in [0.2, 0.25) is 0 Å². The third-order valence-corrected chi connectivity index (χ3v) is 4.42. The number of aromatic nitrogens is 4. The van der Waals surface area contributed by atoms with E-state index in [1.54, 1.807) is 6.07 Å². The molecule has 3 aromatic rings. The summed E-state index contributed by atoms with van der Waals surface area (Å²) in [5.41, 5.74) is 7.27. The van der Waals surface area contributed by atoms with E-state index >= 15 is 0 Å². The molecule has 0 radical (unpaired) electrons. The first kappa shape index (κ1) is 21.3. The number of aromatic amines is 1. The summed E-state index contributed by atoms with van der Waals surface area (Å²) < 4.78 is 0. The number of rotatable bonds is 5. The molecule has 27 heavy (non-hydrogen) atoms. The van der Waals surface area contributed by atoms with Crippen molar-refractivity contribution in [3.05, 3.63) is 46.5 Å². The van der Waals surface area contributed by atoms with Crippen LogP contribution in [0.1, 0.15) is 18.1 Å². The molecule has 3 atom stereocenters. The molecule has 2 aromatic heterocycles. The molecule has 11 heteroatoms. The molecule has 0 saturated carbocycles. The summed E-state index contributed by atoms with van der Waals surface area (Å²) >= 11 is 11.5. The van der Waals surface area contributed by atoms with Crippen LogP contribution in [-0.2, 0) is 0 Å². The lowest BCUT2D eigenvalue weighted by Gasteiger charge is -2.19. The molecule has 0 fully saturated rings. The average Bonchev–Trinajstić information content (AvgIpc) is 3.14. The van der Waals surface area contributed by atoms with E-state index in [0.717, 1.165) is 0 Å². The summed E-state index contributed by atoms with van der Waals surface area (Å²) in [5, 5.41) is 37.7. The Balaban J connectivity index is 0.000000219. The highest BCUT2D eigenvalue weighted by Gasteiger charge is 2.20. The van der Waals surface area contributed by atoms with Crippen molar-refractivity contribution in [1.29, 1.82) is 0 Å². The summed E-state index contributed by atoms with van der Waals surface area (Å²) in [6.07, 6.45) is -0.633. The Labute approximate surface area is 164 Å². The Kier molecular flexibility index (Phi) is 7.72. The van der Waals surface area contributed by atoms with Gasteiger partial charge < -0.3 is 31.1 Å². The second kappa shape index (κ2) is 9.79. The van der Waals surface area contributed by atoms with E-state index in [9.17, 15) is 10.2 Å². The van der Waals surface area contributed by atoms with E-state index in [1.165, 1.54) is 24.8 Å². The van der Waals surface area contributed by atoms with Crippen molar-refractivity contribution in [2.24, 2.45) is 0 Å². The van der Waals surface area contributed by atoms with Gasteiger partial charge in [-0.3, -0.25) is 0 Å². The van der Waals surface area contributed by atoms with Crippen molar-refractivity contribution < 1.29 is 20.4 Å². The molecule has 146 valence electrons. The van der Waals surface area contributed by atoms with E-state index in [1.807, 2.05) is 0 Å². The third-order valence-electron chi connectivity index (χ3n) is 3.68. The fourth-order valence-electron chi connectivity index (χ4n) is 2.15. The predicted octanol–water partition coefficient (Wildman–Crippen LogP) is 1.07. The number of benzene rings is 1. The lowest BCUT2D eigenvalue weighted by Crippen LogP contribution is -2.30. The van der Waals surface area contributed by atoms with Crippen molar-refractivity contribution in [2.45, 2.75) is 24.7 Å². The molecule has 3 rings (SSSR count). The van der Waals surface area contributed by atoms with E-state index in [0.29, 0.717) is 32.6 Å². The second-order valence-electron chi connectivity index (χ2n) is 5.60. The van der Waals surface area contributed by atoms with Crippen LogP contribution in [0.25, 0.3) is 11.2 Å². The molecular weight excluding hydrogens is 397 g/mol. The summed E-state index contributed by atoms with van der Waals surface area (Å²) in [7, 11) is 0. The lowest BCUT2D eigenvalue weighted by molar-refractivity contribution is -0.0367. The molecule has 0 aliphatic carbocycles. The SMILES string of the molecule is Nc1ncnc2nc[nH]c12.OCC(O)C(O)CC(O)c1ccc(Cl)c(Cl)c1. The van der Waals surface area contributed by atoms with Gasteiger partial charge in [-0.15, -0.1) is 0 Å². The molecule has 0 aliphatic rings. The van der Waals surface area contributed by atoms with Crippen molar-refractivity contribution in [3.8, 4) is 0 Å². The van der Waals surface area contributed by atoms with Crippen LogP contribution in [0.5, 0.6) is 0 Å². The number of imidazole rings is 1. The number of aliphatic hydroxyl groups is 4. The molecule has 0 bridgehead atoms. The highest BCUT2D eigenvalue weighted by Crippen LogP contribution is 2.27. The van der Waals surface area contributed by atoms with E-state index in [2.05, 4.69) is 19.9 Å². The third kappa shape index (κ3) is 5.73. The van der Waals surface area contributed by atoms with Crippen LogP contribution < -0.4 is 5.73 Å². The number of nitrogens with two attached hydrogens (primary N) is 1. The van der Waals surface area contributed by atoms with Gasteiger partial charge in [0.15, 0.2) is 11.5 Å². The number of nitrogens with zero attached hydrogens (tertiary/aromatic N) is 3. The first-order valence-corrected chi connectivity index (χ1v) is 8.58. The monoisotopic (exact) mass is 415 g/mol. The first-order valence-electron chi connectivity index (χ1n) is 7.83. The maximum atomic E-state index is 9.80. The Hall–Kier alpha value is -2.01. The summed E-state index contributed by atoms with van der Waals surface area (Å²) in [6.45, 7) is -0.560. The fourth-order valence-corrected chi connectivity index (χ4v) is 2.45. The average molecular weight is 416 g/mol. The van der Waals surface area contributed by atoms with Crippen LogP contribution in [0, 0.1) is 0 Å². The summed E-state index contributed by atoms with van der Waals surface area (Å²) in [5.74, 6) is 0.433. The van der Waals surface area contributed by atoms with Crippen molar-refractivity contribution in [3.63, 3.8) is 0 Å². The molecular formula is C16H19Cl2N5O4. The number of nitrogen functional groups attached to an aromatic ring is 1. The van der Waals surface area contributed by atoms with Gasteiger partial charge in [0.25, 0.3) is 0 Å². The quantitative estimate of drug-likeness (QED) is 0.360. The molecule has 0 aliphatic heterocycles. The molecule has 1 aromatic carbocycles. The van der Waals surface area contributed by atoms with Crippen molar-refractivity contribution >= 4 is 40.2 Å². The number of hydrogen-bond donors (Lipinski definition) is 6. The van der Waals surface area contributed by atoms with Gasteiger partial charge in [-0.05, 0) is 17.7 Å². The van der Waals surface area contributed by atoms with E-state index in [-0.39, 0.29) is 6.42 Å². The number of aliphatic hydroxyl groups excluding tert-OH is 4. The van der Waals surface area contributed by atoms with Crippen LogP contribution in [0.4, 0.5) is 5.82 Å². The molecule has 0 saturated heterocycles. The molecule has 3 unspecified atom stereocenters. The molecule has 0 spiro atoms. The van der Waals surface area contributed by atoms with Crippen LogP contribution in [-0.4, -0.2) is 59.2 Å². The van der Waals surface area contributed by atoms with Gasteiger partial charge in [-0.25, -0.2) is 15.0 Å².